The molecule has 0 aliphatic heterocycles. The molecule has 1 atom stereocenters. The zero-order chi connectivity index (χ0) is 15.5. The van der Waals surface area contributed by atoms with Gasteiger partial charge in [0.2, 0.25) is 0 Å². The van der Waals surface area contributed by atoms with E-state index in [1.54, 1.807) is 0 Å². The predicted octanol–water partition coefficient (Wildman–Crippen LogP) is 4.47. The minimum atomic E-state index is -4.44. The van der Waals surface area contributed by atoms with Crippen LogP contribution in [0.5, 0.6) is 0 Å². The van der Waals surface area contributed by atoms with Crippen LogP contribution in [-0.4, -0.2) is 6.54 Å². The third kappa shape index (κ3) is 4.12. The van der Waals surface area contributed by atoms with E-state index < -0.39 is 11.7 Å². The van der Waals surface area contributed by atoms with Crippen molar-refractivity contribution >= 4 is 17.3 Å². The van der Waals surface area contributed by atoms with Crippen molar-refractivity contribution in [2.24, 2.45) is 5.73 Å². The van der Waals surface area contributed by atoms with Crippen molar-refractivity contribution < 1.29 is 13.2 Å². The minimum absolute atomic E-state index is 0.0242. The molecule has 0 fully saturated rings. The monoisotopic (exact) mass is 314 g/mol. The van der Waals surface area contributed by atoms with E-state index in [4.69, 9.17) is 17.3 Å². The fourth-order valence-corrected chi connectivity index (χ4v) is 2.24. The highest BCUT2D eigenvalue weighted by Crippen LogP contribution is 2.34. The molecule has 112 valence electrons. The average molecular weight is 315 g/mol. The second kappa shape index (κ2) is 6.37. The molecule has 0 amide bonds. The van der Waals surface area contributed by atoms with E-state index in [0.717, 1.165) is 17.7 Å². The number of hydrogen-bond donors (Lipinski definition) is 2. The number of rotatable bonds is 4. The Morgan fingerprint density at radius 2 is 1.76 bits per heavy atom. The molecule has 6 heteroatoms. The van der Waals surface area contributed by atoms with Crippen molar-refractivity contribution in [1.82, 2.24) is 0 Å². The van der Waals surface area contributed by atoms with Crippen LogP contribution in [0.1, 0.15) is 17.2 Å². The van der Waals surface area contributed by atoms with Gasteiger partial charge in [-0.3, -0.25) is 0 Å². The van der Waals surface area contributed by atoms with Gasteiger partial charge in [0.1, 0.15) is 0 Å². The van der Waals surface area contributed by atoms with Gasteiger partial charge in [-0.25, -0.2) is 0 Å². The molecule has 2 aromatic rings. The zero-order valence-corrected chi connectivity index (χ0v) is 11.7. The van der Waals surface area contributed by atoms with Crippen molar-refractivity contribution in [2.45, 2.75) is 12.2 Å². The zero-order valence-electron chi connectivity index (χ0n) is 11.0. The van der Waals surface area contributed by atoms with E-state index in [0.29, 0.717) is 0 Å². The predicted molar refractivity (Wildman–Crippen MR) is 78.3 cm³/mol. The molecule has 2 aromatic carbocycles. The standard InChI is InChI=1S/C15H14ClF3N2/c16-12-6-11(15(17,18)19)7-13(8-12)21-14(9-20)10-4-2-1-3-5-10/h1-8,14,21H,9,20H2. The number of nitrogens with one attached hydrogen (secondary N) is 1. The summed E-state index contributed by atoms with van der Waals surface area (Å²) in [6.07, 6.45) is -4.44. The molecule has 1 unspecified atom stereocenters. The maximum absolute atomic E-state index is 12.8. The molecule has 0 spiro atoms. The van der Waals surface area contributed by atoms with Gasteiger partial charge < -0.3 is 11.1 Å². The Bertz CT molecular complexity index is 600. The summed E-state index contributed by atoms with van der Waals surface area (Å²) in [6.45, 7) is 0.248. The summed E-state index contributed by atoms with van der Waals surface area (Å²) in [5.41, 5.74) is 6.09. The number of nitrogens with two attached hydrogens (primary N) is 1. The summed E-state index contributed by atoms with van der Waals surface area (Å²) in [6, 6.07) is 12.4. The summed E-state index contributed by atoms with van der Waals surface area (Å²) in [5, 5.41) is 3.01. The van der Waals surface area contributed by atoms with Crippen molar-refractivity contribution in [3.63, 3.8) is 0 Å². The van der Waals surface area contributed by atoms with Gasteiger partial charge in [0.05, 0.1) is 11.6 Å². The molecule has 3 N–H and O–H groups in total. The van der Waals surface area contributed by atoms with Crippen molar-refractivity contribution in [1.29, 1.82) is 0 Å². The van der Waals surface area contributed by atoms with E-state index in [9.17, 15) is 13.2 Å². The van der Waals surface area contributed by atoms with Crippen molar-refractivity contribution in [3.8, 4) is 0 Å². The van der Waals surface area contributed by atoms with Crippen molar-refractivity contribution in [2.75, 3.05) is 11.9 Å². The lowest BCUT2D eigenvalue weighted by Crippen LogP contribution is -2.20. The molecular weight excluding hydrogens is 301 g/mol. The third-order valence-corrected chi connectivity index (χ3v) is 3.22. The number of halogens is 4. The van der Waals surface area contributed by atoms with Gasteiger partial charge in [-0.15, -0.1) is 0 Å². The molecule has 2 rings (SSSR count). The van der Waals surface area contributed by atoms with E-state index >= 15 is 0 Å². The van der Waals surface area contributed by atoms with Crippen LogP contribution in [0.25, 0.3) is 0 Å². The quantitative estimate of drug-likeness (QED) is 0.873. The highest BCUT2D eigenvalue weighted by molar-refractivity contribution is 6.30. The lowest BCUT2D eigenvalue weighted by atomic mass is 10.1. The highest BCUT2D eigenvalue weighted by atomic mass is 35.5. The van der Waals surface area contributed by atoms with E-state index in [1.165, 1.54) is 6.07 Å². The van der Waals surface area contributed by atoms with Gasteiger partial charge >= 0.3 is 6.18 Å². The second-order valence-electron chi connectivity index (χ2n) is 4.57. The van der Waals surface area contributed by atoms with Crippen LogP contribution in [0, 0.1) is 0 Å². The molecule has 0 aromatic heterocycles. The third-order valence-electron chi connectivity index (χ3n) is 3.00. The van der Waals surface area contributed by atoms with Gasteiger partial charge in [-0.2, -0.15) is 13.2 Å². The highest BCUT2D eigenvalue weighted by Gasteiger charge is 2.31. The minimum Gasteiger partial charge on any atom is -0.377 e. The molecule has 2 nitrogen and oxygen atoms in total. The van der Waals surface area contributed by atoms with Gasteiger partial charge in [0.15, 0.2) is 0 Å². The van der Waals surface area contributed by atoms with Crippen LogP contribution in [0.3, 0.4) is 0 Å². The van der Waals surface area contributed by atoms with Gasteiger partial charge in [0.25, 0.3) is 0 Å². The molecular formula is C15H14ClF3N2. The first-order valence-corrected chi connectivity index (χ1v) is 6.67. The summed E-state index contributed by atoms with van der Waals surface area (Å²) >= 11 is 5.76. The normalized spacial score (nSPS) is 13.0. The topological polar surface area (TPSA) is 38.0 Å². The summed E-state index contributed by atoms with van der Waals surface area (Å²) in [5.74, 6) is 0. The molecule has 0 radical (unpaired) electrons. The molecule has 0 bridgehead atoms. The molecule has 21 heavy (non-hydrogen) atoms. The first-order chi connectivity index (χ1) is 9.90. The van der Waals surface area contributed by atoms with Crippen LogP contribution in [0.4, 0.5) is 18.9 Å². The lowest BCUT2D eigenvalue weighted by Gasteiger charge is -2.20. The Kier molecular flexibility index (Phi) is 4.75. The Balaban J connectivity index is 2.28. The van der Waals surface area contributed by atoms with Gasteiger partial charge in [-0.1, -0.05) is 41.9 Å². The van der Waals surface area contributed by atoms with Crippen LogP contribution in [0.15, 0.2) is 48.5 Å². The second-order valence-corrected chi connectivity index (χ2v) is 5.01. The summed E-state index contributed by atoms with van der Waals surface area (Å²) in [7, 11) is 0. The summed E-state index contributed by atoms with van der Waals surface area (Å²) < 4.78 is 38.3. The van der Waals surface area contributed by atoms with Crippen LogP contribution < -0.4 is 11.1 Å². The van der Waals surface area contributed by atoms with Crippen LogP contribution >= 0.6 is 11.6 Å². The largest absolute Gasteiger partial charge is 0.416 e. The maximum Gasteiger partial charge on any atom is 0.416 e. The Morgan fingerprint density at radius 3 is 2.33 bits per heavy atom. The first-order valence-electron chi connectivity index (χ1n) is 6.29. The van der Waals surface area contributed by atoms with Gasteiger partial charge in [-0.05, 0) is 23.8 Å². The molecule has 0 aliphatic rings. The molecule has 0 saturated heterocycles. The average Bonchev–Trinajstić information content (AvgIpc) is 2.44. The summed E-state index contributed by atoms with van der Waals surface area (Å²) in [4.78, 5) is 0. The SMILES string of the molecule is NCC(Nc1cc(Cl)cc(C(F)(F)F)c1)c1ccccc1. The van der Waals surface area contributed by atoms with Crippen LogP contribution in [-0.2, 0) is 6.18 Å². The Hall–Kier alpha value is -1.72. The molecule has 0 heterocycles. The van der Waals surface area contributed by atoms with E-state index in [1.807, 2.05) is 30.3 Å². The van der Waals surface area contributed by atoms with E-state index in [2.05, 4.69) is 5.32 Å². The first kappa shape index (κ1) is 15.7. The smallest absolute Gasteiger partial charge is 0.377 e. The van der Waals surface area contributed by atoms with E-state index in [-0.39, 0.29) is 23.3 Å². The molecule has 0 saturated carbocycles. The molecule has 0 aliphatic carbocycles. The fraction of sp³-hybridized carbons (Fsp3) is 0.200. The van der Waals surface area contributed by atoms with Gasteiger partial charge in [0, 0.05) is 17.3 Å². The number of benzene rings is 2. The maximum atomic E-state index is 12.8. The fourth-order valence-electron chi connectivity index (χ4n) is 2.00. The lowest BCUT2D eigenvalue weighted by molar-refractivity contribution is -0.137. The number of hydrogen-bond acceptors (Lipinski definition) is 2. The number of anilines is 1. The Labute approximate surface area is 125 Å². The van der Waals surface area contributed by atoms with Crippen molar-refractivity contribution in [3.05, 3.63) is 64.7 Å². The number of alkyl halides is 3. The Morgan fingerprint density at radius 1 is 1.10 bits per heavy atom. The van der Waals surface area contributed by atoms with Crippen LogP contribution in [0.2, 0.25) is 5.02 Å².